The van der Waals surface area contributed by atoms with Crippen molar-refractivity contribution < 1.29 is 0 Å². The predicted molar refractivity (Wildman–Crippen MR) is 91.5 cm³/mol. The standard InChI is InChI=1S/C18H37N3/c1-6-21-11-7-16(8-12-21)20(5)18(14-19)10-9-17(3,4)13-15(18)2/h15-16H,6-14,19H2,1-5H3. The molecule has 0 aromatic carbocycles. The molecule has 3 nitrogen and oxygen atoms in total. The fourth-order valence-corrected chi connectivity index (χ4v) is 4.88. The minimum absolute atomic E-state index is 0.231. The smallest absolute Gasteiger partial charge is 0.0357 e. The molecule has 2 rings (SSSR count). The Labute approximate surface area is 132 Å². The minimum Gasteiger partial charge on any atom is -0.329 e. The molecule has 124 valence electrons. The zero-order valence-electron chi connectivity index (χ0n) is 15.0. The van der Waals surface area contributed by atoms with Crippen molar-refractivity contribution in [2.75, 3.05) is 33.2 Å². The van der Waals surface area contributed by atoms with E-state index in [0.717, 1.165) is 12.6 Å². The van der Waals surface area contributed by atoms with Crippen LogP contribution in [0.1, 0.15) is 59.8 Å². The minimum atomic E-state index is 0.231. The third kappa shape index (κ3) is 3.46. The van der Waals surface area contributed by atoms with Gasteiger partial charge < -0.3 is 10.6 Å². The van der Waals surface area contributed by atoms with Crippen molar-refractivity contribution in [2.24, 2.45) is 17.1 Å². The van der Waals surface area contributed by atoms with Gasteiger partial charge in [0, 0.05) is 18.1 Å². The van der Waals surface area contributed by atoms with Crippen LogP contribution in [-0.4, -0.2) is 54.6 Å². The van der Waals surface area contributed by atoms with Crippen LogP contribution in [-0.2, 0) is 0 Å². The van der Waals surface area contributed by atoms with E-state index in [1.807, 2.05) is 0 Å². The molecule has 1 saturated carbocycles. The van der Waals surface area contributed by atoms with E-state index in [0.29, 0.717) is 11.3 Å². The van der Waals surface area contributed by atoms with Crippen LogP contribution in [0.5, 0.6) is 0 Å². The van der Waals surface area contributed by atoms with Gasteiger partial charge in [-0.15, -0.1) is 0 Å². The van der Waals surface area contributed by atoms with E-state index in [2.05, 4.69) is 44.5 Å². The molecule has 1 heterocycles. The van der Waals surface area contributed by atoms with Crippen molar-refractivity contribution in [3.63, 3.8) is 0 Å². The number of hydrogen-bond acceptors (Lipinski definition) is 3. The molecule has 2 atom stereocenters. The molecule has 0 amide bonds. The van der Waals surface area contributed by atoms with Crippen molar-refractivity contribution in [3.8, 4) is 0 Å². The number of hydrogen-bond donors (Lipinski definition) is 1. The van der Waals surface area contributed by atoms with E-state index in [4.69, 9.17) is 5.73 Å². The number of piperidine rings is 1. The van der Waals surface area contributed by atoms with Gasteiger partial charge in [0.2, 0.25) is 0 Å². The Bertz CT molecular complexity index is 333. The topological polar surface area (TPSA) is 32.5 Å². The quantitative estimate of drug-likeness (QED) is 0.865. The molecule has 1 aliphatic heterocycles. The summed E-state index contributed by atoms with van der Waals surface area (Å²) in [6, 6.07) is 0.722. The lowest BCUT2D eigenvalue weighted by molar-refractivity contribution is -0.0433. The molecular weight excluding hydrogens is 258 g/mol. The van der Waals surface area contributed by atoms with Crippen LogP contribution in [0.4, 0.5) is 0 Å². The summed E-state index contributed by atoms with van der Waals surface area (Å²) in [5, 5.41) is 0. The fourth-order valence-electron chi connectivity index (χ4n) is 4.88. The van der Waals surface area contributed by atoms with Gasteiger partial charge in [-0.05, 0) is 70.1 Å². The van der Waals surface area contributed by atoms with E-state index in [-0.39, 0.29) is 5.54 Å². The summed E-state index contributed by atoms with van der Waals surface area (Å²) in [5.41, 5.74) is 7.05. The first-order valence-corrected chi connectivity index (χ1v) is 9.00. The Morgan fingerprint density at radius 1 is 1.19 bits per heavy atom. The zero-order chi connectivity index (χ0) is 15.7. The van der Waals surface area contributed by atoms with Crippen LogP contribution in [0.15, 0.2) is 0 Å². The predicted octanol–water partition coefficient (Wildman–Crippen LogP) is 2.95. The summed E-state index contributed by atoms with van der Waals surface area (Å²) in [5.74, 6) is 0.695. The molecule has 0 bridgehead atoms. The molecule has 2 fully saturated rings. The molecule has 2 aliphatic rings. The van der Waals surface area contributed by atoms with Gasteiger partial charge in [-0.3, -0.25) is 4.90 Å². The first-order chi connectivity index (χ1) is 9.84. The summed E-state index contributed by atoms with van der Waals surface area (Å²) in [4.78, 5) is 5.27. The van der Waals surface area contributed by atoms with Crippen LogP contribution in [0.25, 0.3) is 0 Å². The molecule has 1 saturated heterocycles. The second-order valence-corrected chi connectivity index (χ2v) is 8.35. The molecule has 0 radical (unpaired) electrons. The maximum Gasteiger partial charge on any atom is 0.0357 e. The molecule has 0 aromatic rings. The van der Waals surface area contributed by atoms with Crippen molar-refractivity contribution in [1.29, 1.82) is 0 Å². The maximum absolute atomic E-state index is 6.33. The SMILES string of the molecule is CCN1CCC(N(C)C2(CN)CCC(C)(C)CC2C)CC1. The van der Waals surface area contributed by atoms with Gasteiger partial charge >= 0.3 is 0 Å². The Morgan fingerprint density at radius 3 is 2.29 bits per heavy atom. The van der Waals surface area contributed by atoms with Gasteiger partial charge in [0.1, 0.15) is 0 Å². The summed E-state index contributed by atoms with van der Waals surface area (Å²) >= 11 is 0. The lowest BCUT2D eigenvalue weighted by Gasteiger charge is -2.55. The Balaban J connectivity index is 2.06. The third-order valence-corrected chi connectivity index (χ3v) is 6.62. The van der Waals surface area contributed by atoms with Crippen LogP contribution in [0, 0.1) is 11.3 Å². The number of nitrogens with two attached hydrogens (primary N) is 1. The molecule has 2 N–H and O–H groups in total. The van der Waals surface area contributed by atoms with Gasteiger partial charge in [-0.2, -0.15) is 0 Å². The lowest BCUT2D eigenvalue weighted by atomic mass is 9.63. The molecular formula is C18H37N3. The largest absolute Gasteiger partial charge is 0.329 e. The highest BCUT2D eigenvalue weighted by Crippen LogP contribution is 2.46. The van der Waals surface area contributed by atoms with Gasteiger partial charge in [0.05, 0.1) is 0 Å². The Morgan fingerprint density at radius 2 is 1.81 bits per heavy atom. The van der Waals surface area contributed by atoms with E-state index < -0.39 is 0 Å². The molecule has 21 heavy (non-hydrogen) atoms. The zero-order valence-corrected chi connectivity index (χ0v) is 15.0. The maximum atomic E-state index is 6.33. The van der Waals surface area contributed by atoms with Crippen LogP contribution in [0.3, 0.4) is 0 Å². The number of likely N-dealkylation sites (tertiary alicyclic amines) is 1. The fraction of sp³-hybridized carbons (Fsp3) is 1.00. The van der Waals surface area contributed by atoms with Crippen molar-refractivity contribution in [2.45, 2.75) is 71.4 Å². The van der Waals surface area contributed by atoms with Gasteiger partial charge in [0.25, 0.3) is 0 Å². The molecule has 0 aromatic heterocycles. The van der Waals surface area contributed by atoms with Gasteiger partial charge in [-0.25, -0.2) is 0 Å². The van der Waals surface area contributed by atoms with E-state index >= 15 is 0 Å². The number of likely N-dealkylation sites (N-methyl/N-ethyl adjacent to an activating group) is 1. The first kappa shape index (κ1) is 17.2. The number of nitrogens with zero attached hydrogens (tertiary/aromatic N) is 2. The van der Waals surface area contributed by atoms with Crippen LogP contribution >= 0.6 is 0 Å². The van der Waals surface area contributed by atoms with Crippen molar-refractivity contribution in [1.82, 2.24) is 9.80 Å². The Hall–Kier alpha value is -0.120. The van der Waals surface area contributed by atoms with E-state index in [9.17, 15) is 0 Å². The van der Waals surface area contributed by atoms with Gasteiger partial charge in [-0.1, -0.05) is 27.7 Å². The average Bonchev–Trinajstić information content (AvgIpc) is 2.47. The second-order valence-electron chi connectivity index (χ2n) is 8.35. The second kappa shape index (κ2) is 6.55. The van der Waals surface area contributed by atoms with Gasteiger partial charge in [0.15, 0.2) is 0 Å². The van der Waals surface area contributed by atoms with Crippen LogP contribution < -0.4 is 5.73 Å². The normalized spacial score (nSPS) is 35.3. The lowest BCUT2D eigenvalue weighted by Crippen LogP contribution is -2.63. The summed E-state index contributed by atoms with van der Waals surface area (Å²) in [6.07, 6.45) is 6.50. The summed E-state index contributed by atoms with van der Waals surface area (Å²) in [6.45, 7) is 14.1. The monoisotopic (exact) mass is 295 g/mol. The summed E-state index contributed by atoms with van der Waals surface area (Å²) < 4.78 is 0. The van der Waals surface area contributed by atoms with Crippen LogP contribution in [0.2, 0.25) is 0 Å². The highest BCUT2D eigenvalue weighted by Gasteiger charge is 2.47. The summed E-state index contributed by atoms with van der Waals surface area (Å²) in [7, 11) is 2.36. The van der Waals surface area contributed by atoms with Crippen molar-refractivity contribution in [3.05, 3.63) is 0 Å². The molecule has 2 unspecified atom stereocenters. The highest BCUT2D eigenvalue weighted by atomic mass is 15.2. The van der Waals surface area contributed by atoms with E-state index in [1.54, 1.807) is 0 Å². The third-order valence-electron chi connectivity index (χ3n) is 6.62. The number of rotatable bonds is 4. The highest BCUT2D eigenvalue weighted by molar-refractivity contribution is 5.03. The molecule has 1 aliphatic carbocycles. The molecule has 3 heteroatoms. The van der Waals surface area contributed by atoms with E-state index in [1.165, 1.54) is 51.7 Å². The molecule has 0 spiro atoms. The van der Waals surface area contributed by atoms with Crippen molar-refractivity contribution >= 4 is 0 Å². The first-order valence-electron chi connectivity index (χ1n) is 9.00. The Kier molecular flexibility index (Phi) is 5.38. The average molecular weight is 296 g/mol.